The van der Waals surface area contributed by atoms with Crippen LogP contribution in [0, 0.1) is 0 Å². The Kier molecular flexibility index (Phi) is 2.04. The lowest BCUT2D eigenvalue weighted by molar-refractivity contribution is 0.459. The average Bonchev–Trinajstić information content (AvgIpc) is 2.75. The smallest absolute Gasteiger partial charge is 0.223 e. The van der Waals surface area contributed by atoms with E-state index in [-0.39, 0.29) is 5.88 Å². The quantitative estimate of drug-likeness (QED) is 0.696. The van der Waals surface area contributed by atoms with Crippen LogP contribution in [0.25, 0.3) is 21.3 Å². The maximum absolute atomic E-state index is 9.74. The van der Waals surface area contributed by atoms with E-state index in [1.54, 1.807) is 12.4 Å². The van der Waals surface area contributed by atoms with Crippen LogP contribution in [0.4, 0.5) is 0 Å². The molecule has 3 aromatic heterocycles. The lowest BCUT2D eigenvalue weighted by Gasteiger charge is -1.99. The minimum atomic E-state index is 0.0186. The fourth-order valence-electron chi connectivity index (χ4n) is 1.59. The van der Waals surface area contributed by atoms with E-state index in [0.717, 1.165) is 16.0 Å². The first kappa shape index (κ1) is 9.23. The van der Waals surface area contributed by atoms with E-state index in [9.17, 15) is 5.11 Å². The number of nitrogens with zero attached hydrogens (tertiary/aromatic N) is 3. The SMILES string of the molecule is Oc1ncnc2scc(-c3cccnc3)c12. The minimum absolute atomic E-state index is 0.0186. The van der Waals surface area contributed by atoms with Crippen molar-refractivity contribution in [3.63, 3.8) is 0 Å². The molecule has 0 fully saturated rings. The molecule has 0 saturated carbocycles. The van der Waals surface area contributed by atoms with Crippen molar-refractivity contribution in [1.82, 2.24) is 15.0 Å². The Morgan fingerprint density at radius 3 is 3.00 bits per heavy atom. The summed E-state index contributed by atoms with van der Waals surface area (Å²) in [7, 11) is 0. The fraction of sp³-hybridized carbons (Fsp3) is 0. The molecule has 0 radical (unpaired) electrons. The number of aromatic hydroxyl groups is 1. The first-order valence-corrected chi connectivity index (χ1v) is 5.56. The zero-order valence-electron chi connectivity index (χ0n) is 8.16. The van der Waals surface area contributed by atoms with E-state index in [0.29, 0.717) is 5.39 Å². The van der Waals surface area contributed by atoms with Crippen LogP contribution < -0.4 is 0 Å². The van der Waals surface area contributed by atoms with Gasteiger partial charge in [0.2, 0.25) is 5.88 Å². The predicted molar refractivity (Wildman–Crippen MR) is 62.3 cm³/mol. The van der Waals surface area contributed by atoms with Gasteiger partial charge in [-0.1, -0.05) is 6.07 Å². The predicted octanol–water partition coefficient (Wildman–Crippen LogP) is 2.46. The highest BCUT2D eigenvalue weighted by molar-refractivity contribution is 7.17. The summed E-state index contributed by atoms with van der Waals surface area (Å²) in [6.07, 6.45) is 4.84. The standard InChI is InChI=1S/C11H7N3OS/c15-10-9-8(7-2-1-3-12-4-7)5-16-11(9)14-6-13-10/h1-6H,(H,13,14,15). The number of rotatable bonds is 1. The van der Waals surface area contributed by atoms with Gasteiger partial charge in [0.15, 0.2) is 0 Å². The number of thiophene rings is 1. The highest BCUT2D eigenvalue weighted by atomic mass is 32.1. The molecule has 3 aromatic rings. The summed E-state index contributed by atoms with van der Waals surface area (Å²) in [5, 5.41) is 12.4. The normalized spacial score (nSPS) is 10.8. The van der Waals surface area contributed by atoms with E-state index in [1.807, 2.05) is 17.5 Å². The van der Waals surface area contributed by atoms with Crippen LogP contribution in [-0.4, -0.2) is 20.1 Å². The number of hydrogen-bond acceptors (Lipinski definition) is 5. The molecule has 3 rings (SSSR count). The second kappa shape index (κ2) is 3.53. The lowest BCUT2D eigenvalue weighted by Crippen LogP contribution is -1.81. The Morgan fingerprint density at radius 2 is 2.19 bits per heavy atom. The lowest BCUT2D eigenvalue weighted by atomic mass is 10.1. The topological polar surface area (TPSA) is 58.9 Å². The summed E-state index contributed by atoms with van der Waals surface area (Å²) in [4.78, 5) is 12.8. The van der Waals surface area contributed by atoms with Crippen molar-refractivity contribution < 1.29 is 5.11 Å². The van der Waals surface area contributed by atoms with Gasteiger partial charge in [0.1, 0.15) is 11.2 Å². The molecule has 0 aliphatic heterocycles. The van der Waals surface area contributed by atoms with Crippen molar-refractivity contribution >= 4 is 21.6 Å². The molecule has 0 spiro atoms. The summed E-state index contributed by atoms with van der Waals surface area (Å²) >= 11 is 1.48. The molecule has 1 N–H and O–H groups in total. The van der Waals surface area contributed by atoms with Gasteiger partial charge in [-0.15, -0.1) is 11.3 Å². The van der Waals surface area contributed by atoms with Crippen molar-refractivity contribution in [3.05, 3.63) is 36.2 Å². The van der Waals surface area contributed by atoms with E-state index < -0.39 is 0 Å². The molecule has 3 heterocycles. The van der Waals surface area contributed by atoms with Crippen molar-refractivity contribution in [1.29, 1.82) is 0 Å². The Morgan fingerprint density at radius 1 is 1.25 bits per heavy atom. The Bertz CT molecular complexity index is 636. The van der Waals surface area contributed by atoms with Crippen molar-refractivity contribution in [3.8, 4) is 17.0 Å². The molecule has 16 heavy (non-hydrogen) atoms. The zero-order valence-corrected chi connectivity index (χ0v) is 8.98. The van der Waals surface area contributed by atoms with Crippen molar-refractivity contribution in [2.45, 2.75) is 0 Å². The maximum atomic E-state index is 9.74. The Balaban J connectivity index is 2.33. The molecule has 0 bridgehead atoms. The van der Waals surface area contributed by atoms with Crippen molar-refractivity contribution in [2.75, 3.05) is 0 Å². The van der Waals surface area contributed by atoms with E-state index in [2.05, 4.69) is 15.0 Å². The van der Waals surface area contributed by atoms with Crippen LogP contribution in [0.1, 0.15) is 0 Å². The van der Waals surface area contributed by atoms with Gasteiger partial charge < -0.3 is 5.11 Å². The number of pyridine rings is 1. The summed E-state index contributed by atoms with van der Waals surface area (Å²) < 4.78 is 0. The average molecular weight is 229 g/mol. The van der Waals surface area contributed by atoms with Crippen LogP contribution in [-0.2, 0) is 0 Å². The highest BCUT2D eigenvalue weighted by Gasteiger charge is 2.11. The molecule has 0 atom stereocenters. The third-order valence-corrected chi connectivity index (χ3v) is 3.21. The second-order valence-electron chi connectivity index (χ2n) is 3.27. The summed E-state index contributed by atoms with van der Waals surface area (Å²) in [5.41, 5.74) is 1.88. The molecule has 0 unspecified atom stereocenters. The van der Waals surface area contributed by atoms with Gasteiger partial charge in [-0.3, -0.25) is 4.98 Å². The zero-order chi connectivity index (χ0) is 11.0. The molecule has 5 heteroatoms. The molecule has 0 aliphatic rings. The summed E-state index contributed by atoms with van der Waals surface area (Å²) in [6.45, 7) is 0. The first-order chi connectivity index (χ1) is 7.86. The van der Waals surface area contributed by atoms with Crippen LogP contribution in [0.5, 0.6) is 5.88 Å². The first-order valence-electron chi connectivity index (χ1n) is 4.68. The van der Waals surface area contributed by atoms with Crippen LogP contribution in [0.2, 0.25) is 0 Å². The number of aromatic nitrogens is 3. The van der Waals surface area contributed by atoms with Gasteiger partial charge in [0.05, 0.1) is 5.39 Å². The van der Waals surface area contributed by atoms with Gasteiger partial charge in [-0.2, -0.15) is 0 Å². The highest BCUT2D eigenvalue weighted by Crippen LogP contribution is 2.36. The van der Waals surface area contributed by atoms with E-state index in [4.69, 9.17) is 0 Å². The van der Waals surface area contributed by atoms with Crippen molar-refractivity contribution in [2.24, 2.45) is 0 Å². The summed E-state index contributed by atoms with van der Waals surface area (Å²) in [6, 6.07) is 3.81. The van der Waals surface area contributed by atoms with E-state index in [1.165, 1.54) is 17.7 Å². The monoisotopic (exact) mass is 229 g/mol. The van der Waals surface area contributed by atoms with Gasteiger partial charge in [-0.25, -0.2) is 9.97 Å². The molecule has 4 nitrogen and oxygen atoms in total. The number of fused-ring (bicyclic) bond motifs is 1. The van der Waals surface area contributed by atoms with Gasteiger partial charge in [-0.05, 0) is 6.07 Å². The molecular formula is C11H7N3OS. The molecule has 0 amide bonds. The van der Waals surface area contributed by atoms with Gasteiger partial charge >= 0.3 is 0 Å². The largest absolute Gasteiger partial charge is 0.493 e. The van der Waals surface area contributed by atoms with Crippen LogP contribution in [0.15, 0.2) is 36.2 Å². The van der Waals surface area contributed by atoms with Gasteiger partial charge in [0.25, 0.3) is 0 Å². The molecular weight excluding hydrogens is 222 g/mol. The second-order valence-corrected chi connectivity index (χ2v) is 4.13. The third-order valence-electron chi connectivity index (χ3n) is 2.32. The summed E-state index contributed by atoms with van der Waals surface area (Å²) in [5.74, 6) is 0.0186. The molecule has 78 valence electrons. The molecule has 0 saturated heterocycles. The molecule has 0 aromatic carbocycles. The Hall–Kier alpha value is -2.01. The maximum Gasteiger partial charge on any atom is 0.223 e. The van der Waals surface area contributed by atoms with Gasteiger partial charge in [0, 0.05) is 28.9 Å². The van der Waals surface area contributed by atoms with Crippen LogP contribution >= 0.6 is 11.3 Å². The minimum Gasteiger partial charge on any atom is -0.493 e. The molecule has 0 aliphatic carbocycles. The van der Waals surface area contributed by atoms with E-state index >= 15 is 0 Å². The third kappa shape index (κ3) is 1.33. The van der Waals surface area contributed by atoms with Crippen LogP contribution in [0.3, 0.4) is 0 Å². The fourth-order valence-corrected chi connectivity index (χ4v) is 2.50. The number of hydrogen-bond donors (Lipinski definition) is 1. The Labute approximate surface area is 95.3 Å².